The lowest BCUT2D eigenvalue weighted by molar-refractivity contribution is 0.112. The average Bonchev–Trinajstić information content (AvgIpc) is 2.84. The number of aromatic nitrogens is 2. The van der Waals surface area contributed by atoms with Crippen molar-refractivity contribution in [3.8, 4) is 0 Å². The summed E-state index contributed by atoms with van der Waals surface area (Å²) in [6, 6.07) is 7.43. The van der Waals surface area contributed by atoms with Crippen LogP contribution < -0.4 is 0 Å². The largest absolute Gasteiger partial charge is 0.424 e. The lowest BCUT2D eigenvalue weighted by atomic mass is 10.2. The van der Waals surface area contributed by atoms with Gasteiger partial charge in [-0.1, -0.05) is 19.1 Å². The van der Waals surface area contributed by atoms with Gasteiger partial charge in [0.2, 0.25) is 11.8 Å². The fourth-order valence-electron chi connectivity index (χ4n) is 1.31. The Morgan fingerprint density at radius 2 is 2.18 bits per heavy atom. The van der Waals surface area contributed by atoms with Crippen LogP contribution in [0.5, 0.6) is 0 Å². The second kappa shape index (κ2) is 5.63. The predicted molar refractivity (Wildman–Crippen MR) is 65.1 cm³/mol. The van der Waals surface area contributed by atoms with Crippen LogP contribution in [0.4, 0.5) is 0 Å². The molecule has 1 aromatic carbocycles. The van der Waals surface area contributed by atoms with E-state index in [-0.39, 0.29) is 0 Å². The van der Waals surface area contributed by atoms with Crippen LogP contribution in [0.3, 0.4) is 0 Å². The van der Waals surface area contributed by atoms with Gasteiger partial charge in [-0.25, -0.2) is 0 Å². The number of hydrogen-bond acceptors (Lipinski definition) is 5. The van der Waals surface area contributed by atoms with Gasteiger partial charge in [0.1, 0.15) is 6.29 Å². The van der Waals surface area contributed by atoms with Gasteiger partial charge in [0.05, 0.1) is 5.75 Å². The molecular formula is C12H12N2O2S. The standard InChI is InChI=1S/C12H12N2O2S/c1-2-11-13-14-12(16-11)8-17-10-5-3-4-9(6-10)7-15/h3-7H,2,8H2,1H3. The predicted octanol–water partition coefficient (Wildman–Crippen LogP) is 2.74. The van der Waals surface area contributed by atoms with Gasteiger partial charge in [0.15, 0.2) is 0 Å². The van der Waals surface area contributed by atoms with E-state index in [1.54, 1.807) is 17.8 Å². The number of carbonyl (C=O) groups excluding carboxylic acids is 1. The summed E-state index contributed by atoms with van der Waals surface area (Å²) in [7, 11) is 0. The Morgan fingerprint density at radius 3 is 2.88 bits per heavy atom. The molecule has 0 saturated heterocycles. The van der Waals surface area contributed by atoms with Crippen LogP contribution in [-0.4, -0.2) is 16.5 Å². The summed E-state index contributed by atoms with van der Waals surface area (Å²) in [5, 5.41) is 7.83. The molecule has 0 saturated carbocycles. The molecule has 1 heterocycles. The Hall–Kier alpha value is -1.62. The van der Waals surface area contributed by atoms with E-state index in [1.807, 2.05) is 25.1 Å². The Labute approximate surface area is 103 Å². The van der Waals surface area contributed by atoms with Crippen molar-refractivity contribution in [1.82, 2.24) is 10.2 Å². The van der Waals surface area contributed by atoms with Crippen LogP contribution in [0.2, 0.25) is 0 Å². The quantitative estimate of drug-likeness (QED) is 0.601. The molecule has 0 radical (unpaired) electrons. The zero-order valence-corrected chi connectivity index (χ0v) is 10.2. The highest BCUT2D eigenvalue weighted by Crippen LogP contribution is 2.22. The SMILES string of the molecule is CCc1nnc(CSc2cccc(C=O)c2)o1. The highest BCUT2D eigenvalue weighted by molar-refractivity contribution is 7.98. The number of hydrogen-bond donors (Lipinski definition) is 0. The highest BCUT2D eigenvalue weighted by Gasteiger charge is 2.05. The van der Waals surface area contributed by atoms with Gasteiger partial charge in [-0.2, -0.15) is 0 Å². The Balaban J connectivity index is 1.99. The maximum Gasteiger partial charge on any atom is 0.226 e. The number of rotatable bonds is 5. The summed E-state index contributed by atoms with van der Waals surface area (Å²) in [6.45, 7) is 1.97. The van der Waals surface area contributed by atoms with Crippen molar-refractivity contribution in [3.63, 3.8) is 0 Å². The minimum Gasteiger partial charge on any atom is -0.424 e. The molecule has 4 nitrogen and oxygen atoms in total. The molecule has 5 heteroatoms. The molecule has 0 N–H and O–H groups in total. The second-order valence-electron chi connectivity index (χ2n) is 3.42. The number of benzene rings is 1. The summed E-state index contributed by atoms with van der Waals surface area (Å²) >= 11 is 1.57. The highest BCUT2D eigenvalue weighted by atomic mass is 32.2. The molecule has 2 rings (SSSR count). The Kier molecular flexibility index (Phi) is 3.93. The van der Waals surface area contributed by atoms with Crippen LogP contribution in [0.1, 0.15) is 29.1 Å². The first-order chi connectivity index (χ1) is 8.31. The van der Waals surface area contributed by atoms with Gasteiger partial charge in [0, 0.05) is 16.9 Å². The topological polar surface area (TPSA) is 56.0 Å². The Bertz CT molecular complexity index is 511. The zero-order chi connectivity index (χ0) is 12.1. The third-order valence-corrected chi connectivity index (χ3v) is 3.15. The number of thioether (sulfide) groups is 1. The minimum atomic E-state index is 0.614. The van der Waals surface area contributed by atoms with Crippen molar-refractivity contribution < 1.29 is 9.21 Å². The van der Waals surface area contributed by atoms with Crippen LogP contribution >= 0.6 is 11.8 Å². The summed E-state index contributed by atoms with van der Waals surface area (Å²) in [5.41, 5.74) is 0.676. The molecule has 0 fully saturated rings. The fraction of sp³-hybridized carbons (Fsp3) is 0.250. The molecule has 0 atom stereocenters. The monoisotopic (exact) mass is 248 g/mol. The number of aldehydes is 1. The third kappa shape index (κ3) is 3.17. The molecular weight excluding hydrogens is 236 g/mol. The van der Waals surface area contributed by atoms with E-state index in [1.165, 1.54) is 0 Å². The van der Waals surface area contributed by atoms with Gasteiger partial charge in [-0.15, -0.1) is 22.0 Å². The van der Waals surface area contributed by atoms with E-state index in [0.717, 1.165) is 17.6 Å². The Morgan fingerprint density at radius 1 is 1.35 bits per heavy atom. The van der Waals surface area contributed by atoms with Crippen LogP contribution in [0.15, 0.2) is 33.6 Å². The van der Waals surface area contributed by atoms with Gasteiger partial charge >= 0.3 is 0 Å². The zero-order valence-electron chi connectivity index (χ0n) is 9.42. The second-order valence-corrected chi connectivity index (χ2v) is 4.47. The van der Waals surface area contributed by atoms with Gasteiger partial charge < -0.3 is 4.42 Å². The smallest absolute Gasteiger partial charge is 0.226 e. The lowest BCUT2D eigenvalue weighted by Crippen LogP contribution is -1.83. The number of carbonyl (C=O) groups is 1. The van der Waals surface area contributed by atoms with E-state index in [2.05, 4.69) is 10.2 Å². The average molecular weight is 248 g/mol. The van der Waals surface area contributed by atoms with E-state index >= 15 is 0 Å². The molecule has 0 unspecified atom stereocenters. The lowest BCUT2D eigenvalue weighted by Gasteiger charge is -1.98. The molecule has 0 spiro atoms. The van der Waals surface area contributed by atoms with Crippen LogP contribution in [-0.2, 0) is 12.2 Å². The molecule has 0 aliphatic carbocycles. The molecule has 2 aromatic rings. The normalized spacial score (nSPS) is 10.4. The fourth-order valence-corrected chi connectivity index (χ4v) is 2.11. The van der Waals surface area contributed by atoms with Crippen molar-refractivity contribution in [2.75, 3.05) is 0 Å². The molecule has 0 aliphatic rings. The van der Waals surface area contributed by atoms with Crippen LogP contribution in [0, 0.1) is 0 Å². The van der Waals surface area contributed by atoms with E-state index in [9.17, 15) is 4.79 Å². The first-order valence-corrected chi connectivity index (χ1v) is 6.29. The first kappa shape index (κ1) is 11.9. The van der Waals surface area contributed by atoms with Crippen molar-refractivity contribution in [2.45, 2.75) is 24.0 Å². The molecule has 17 heavy (non-hydrogen) atoms. The van der Waals surface area contributed by atoms with Gasteiger partial charge in [0.25, 0.3) is 0 Å². The minimum absolute atomic E-state index is 0.614. The summed E-state index contributed by atoms with van der Waals surface area (Å²) in [4.78, 5) is 11.6. The van der Waals surface area contributed by atoms with Crippen molar-refractivity contribution >= 4 is 18.0 Å². The molecule has 0 aliphatic heterocycles. The van der Waals surface area contributed by atoms with Crippen molar-refractivity contribution in [3.05, 3.63) is 41.6 Å². The van der Waals surface area contributed by atoms with E-state index in [0.29, 0.717) is 23.1 Å². The third-order valence-electron chi connectivity index (χ3n) is 2.17. The van der Waals surface area contributed by atoms with Crippen molar-refractivity contribution in [1.29, 1.82) is 0 Å². The number of nitrogens with zero attached hydrogens (tertiary/aromatic N) is 2. The number of aryl methyl sites for hydroxylation is 1. The summed E-state index contributed by atoms with van der Waals surface area (Å²) in [6.07, 6.45) is 1.59. The molecule has 88 valence electrons. The van der Waals surface area contributed by atoms with Gasteiger partial charge in [-0.05, 0) is 12.1 Å². The van der Waals surface area contributed by atoms with Gasteiger partial charge in [-0.3, -0.25) is 4.79 Å². The molecule has 0 amide bonds. The molecule has 0 bridgehead atoms. The summed E-state index contributed by atoms with van der Waals surface area (Å²) in [5.74, 6) is 1.89. The maximum atomic E-state index is 10.6. The maximum absolute atomic E-state index is 10.6. The van der Waals surface area contributed by atoms with E-state index in [4.69, 9.17) is 4.42 Å². The molecule has 1 aromatic heterocycles. The van der Waals surface area contributed by atoms with Crippen molar-refractivity contribution in [2.24, 2.45) is 0 Å². The summed E-state index contributed by atoms with van der Waals surface area (Å²) < 4.78 is 5.40. The first-order valence-electron chi connectivity index (χ1n) is 5.31. The van der Waals surface area contributed by atoms with E-state index < -0.39 is 0 Å². The van der Waals surface area contributed by atoms with Crippen LogP contribution in [0.25, 0.3) is 0 Å².